The molecule has 1 aromatic heterocycles. The zero-order chi connectivity index (χ0) is 26.6. The van der Waals surface area contributed by atoms with Crippen LogP contribution in [0.15, 0.2) is 82.8 Å². The monoisotopic (exact) mass is 506 g/mol. The smallest absolute Gasteiger partial charge is 0.287 e. The molecule has 0 aliphatic carbocycles. The van der Waals surface area contributed by atoms with Crippen LogP contribution in [0.4, 0.5) is 0 Å². The van der Waals surface area contributed by atoms with E-state index < -0.39 is 11.5 Å². The van der Waals surface area contributed by atoms with Gasteiger partial charge >= 0.3 is 0 Å². The van der Waals surface area contributed by atoms with Gasteiger partial charge in [0.05, 0.1) is 11.4 Å². The van der Waals surface area contributed by atoms with Gasteiger partial charge in [-0.2, -0.15) is 0 Å². The first kappa shape index (κ1) is 24.8. The van der Waals surface area contributed by atoms with Gasteiger partial charge in [0.15, 0.2) is 12.1 Å². The number of aromatic nitrogens is 2. The number of amides is 1. The van der Waals surface area contributed by atoms with Crippen molar-refractivity contribution in [1.82, 2.24) is 20.2 Å². The summed E-state index contributed by atoms with van der Waals surface area (Å²) in [6.07, 6.45) is 2.16. The van der Waals surface area contributed by atoms with E-state index in [-0.39, 0.29) is 12.4 Å². The van der Waals surface area contributed by atoms with Gasteiger partial charge in [-0.3, -0.25) is 19.2 Å². The Kier molecular flexibility index (Phi) is 6.95. The largest absolute Gasteiger partial charge is 0.364 e. The zero-order valence-corrected chi connectivity index (χ0v) is 20.9. The van der Waals surface area contributed by atoms with Gasteiger partial charge < -0.3 is 15.2 Å². The molecule has 1 amide bonds. The molecule has 8 heteroatoms. The molecule has 0 spiro atoms. The maximum atomic E-state index is 12.9. The van der Waals surface area contributed by atoms with Crippen molar-refractivity contribution < 1.29 is 14.4 Å². The lowest BCUT2D eigenvalue weighted by Gasteiger charge is -2.31. The minimum Gasteiger partial charge on any atom is -0.364 e. The van der Waals surface area contributed by atoms with E-state index in [2.05, 4.69) is 15.3 Å². The Hall–Kier alpha value is -4.85. The summed E-state index contributed by atoms with van der Waals surface area (Å²) in [6, 6.07) is 21.0. The van der Waals surface area contributed by atoms with Gasteiger partial charge in [0.25, 0.3) is 11.5 Å². The molecule has 4 aromatic rings. The number of aromatic amines is 1. The third-order valence-electron chi connectivity index (χ3n) is 6.77. The number of allylic oxidation sites excluding steroid dienone is 2. The number of aldehydes is 2. The Bertz CT molecular complexity index is 1650. The molecule has 0 atom stereocenters. The molecule has 0 radical (unpaired) electrons. The average molecular weight is 507 g/mol. The summed E-state index contributed by atoms with van der Waals surface area (Å²) >= 11 is 0. The van der Waals surface area contributed by atoms with Gasteiger partial charge in [0, 0.05) is 36.8 Å². The van der Waals surface area contributed by atoms with Crippen LogP contribution < -0.4 is 10.9 Å². The molecule has 8 nitrogen and oxygen atoms in total. The topological polar surface area (TPSA) is 112 Å². The molecule has 0 fully saturated rings. The highest BCUT2D eigenvalue weighted by atomic mass is 16.2. The van der Waals surface area contributed by atoms with Gasteiger partial charge in [-0.1, -0.05) is 54.6 Å². The minimum absolute atomic E-state index is 0.0603. The van der Waals surface area contributed by atoms with Crippen molar-refractivity contribution >= 4 is 29.3 Å². The van der Waals surface area contributed by atoms with Gasteiger partial charge in [0.1, 0.15) is 6.29 Å². The van der Waals surface area contributed by atoms with Crippen LogP contribution >= 0.6 is 0 Å². The number of benzene rings is 3. The van der Waals surface area contributed by atoms with Crippen LogP contribution in [0.2, 0.25) is 0 Å². The van der Waals surface area contributed by atoms with Crippen molar-refractivity contribution in [2.75, 3.05) is 6.54 Å². The fraction of sp³-hybridized carbons (Fsp3) is 0.167. The fourth-order valence-electron chi connectivity index (χ4n) is 4.73. The lowest BCUT2D eigenvalue weighted by Crippen LogP contribution is -2.32. The molecule has 0 bridgehead atoms. The zero-order valence-electron chi connectivity index (χ0n) is 20.9. The number of carbonyl (C=O) groups is 3. The summed E-state index contributed by atoms with van der Waals surface area (Å²) in [5.74, 6) is -0.549. The van der Waals surface area contributed by atoms with E-state index in [9.17, 15) is 19.2 Å². The highest BCUT2D eigenvalue weighted by Gasteiger charge is 2.20. The summed E-state index contributed by atoms with van der Waals surface area (Å²) in [7, 11) is 0. The quantitative estimate of drug-likeness (QED) is 0.293. The van der Waals surface area contributed by atoms with Crippen LogP contribution in [-0.4, -0.2) is 39.9 Å². The normalized spacial score (nSPS) is 13.4. The average Bonchev–Trinajstić information content (AvgIpc) is 2.95. The number of rotatable bonds is 7. The summed E-state index contributed by atoms with van der Waals surface area (Å²) in [5.41, 5.74) is 4.62. The second-order valence-electron chi connectivity index (χ2n) is 9.30. The first-order valence-corrected chi connectivity index (χ1v) is 12.3. The Morgan fingerprint density at radius 1 is 1.00 bits per heavy atom. The number of nitrogens with zero attached hydrogens (tertiary/aromatic N) is 2. The van der Waals surface area contributed by atoms with Crippen molar-refractivity contribution in [2.45, 2.75) is 26.4 Å². The van der Waals surface area contributed by atoms with E-state index in [1.165, 1.54) is 11.6 Å². The summed E-state index contributed by atoms with van der Waals surface area (Å²) < 4.78 is 0. The molecular weight excluding hydrogens is 480 g/mol. The summed E-state index contributed by atoms with van der Waals surface area (Å²) in [5, 5.41) is 4.92. The Labute approximate surface area is 219 Å². The van der Waals surface area contributed by atoms with Crippen molar-refractivity contribution in [2.24, 2.45) is 0 Å². The number of fused-ring (bicyclic) bond motifs is 2. The van der Waals surface area contributed by atoms with E-state index in [0.717, 1.165) is 40.2 Å². The maximum Gasteiger partial charge on any atom is 0.287 e. The molecule has 38 heavy (non-hydrogen) atoms. The molecule has 0 saturated heterocycles. The Balaban J connectivity index is 1.32. The van der Waals surface area contributed by atoms with Gasteiger partial charge in [0.2, 0.25) is 0 Å². The first-order valence-electron chi connectivity index (χ1n) is 12.3. The van der Waals surface area contributed by atoms with E-state index in [1.807, 2.05) is 65.6 Å². The molecular formula is C30H26N4O4. The van der Waals surface area contributed by atoms with Crippen molar-refractivity contribution in [3.63, 3.8) is 0 Å². The molecule has 5 rings (SSSR count). The van der Waals surface area contributed by atoms with Crippen molar-refractivity contribution in [3.05, 3.63) is 111 Å². The van der Waals surface area contributed by atoms with Gasteiger partial charge in [-0.25, -0.2) is 4.98 Å². The lowest BCUT2D eigenvalue weighted by molar-refractivity contribution is -0.108. The third kappa shape index (κ3) is 5.15. The van der Waals surface area contributed by atoms with Crippen molar-refractivity contribution in [3.8, 4) is 11.3 Å². The number of nitrogens with one attached hydrogen (secondary N) is 2. The minimum atomic E-state index is -0.489. The molecule has 2 N–H and O–H groups in total. The van der Waals surface area contributed by atoms with Crippen LogP contribution in [0.1, 0.15) is 34.2 Å². The van der Waals surface area contributed by atoms with E-state index in [4.69, 9.17) is 0 Å². The predicted molar refractivity (Wildman–Crippen MR) is 144 cm³/mol. The van der Waals surface area contributed by atoms with Gasteiger partial charge in [-0.15, -0.1) is 0 Å². The molecule has 0 unspecified atom stereocenters. The molecule has 1 aliphatic heterocycles. The fourth-order valence-corrected chi connectivity index (χ4v) is 4.73. The Morgan fingerprint density at radius 2 is 1.82 bits per heavy atom. The highest BCUT2D eigenvalue weighted by Crippen LogP contribution is 2.24. The highest BCUT2D eigenvalue weighted by molar-refractivity contribution is 5.91. The SMILES string of the molecule is C/C(C=O)=C(/C=O)N1CCc2ccc(CNC(=O)c3nc(-c4ccc5ccccc5c4)cc(=O)[nH]3)cc2C1. The number of hydrogen-bond acceptors (Lipinski definition) is 6. The van der Waals surface area contributed by atoms with Crippen LogP contribution in [0.25, 0.3) is 22.0 Å². The summed E-state index contributed by atoms with van der Waals surface area (Å²) in [6.45, 7) is 3.01. The van der Waals surface area contributed by atoms with Crippen LogP contribution in [0.5, 0.6) is 0 Å². The lowest BCUT2D eigenvalue weighted by atomic mass is 9.96. The molecule has 190 valence electrons. The van der Waals surface area contributed by atoms with Crippen LogP contribution in [-0.2, 0) is 29.1 Å². The van der Waals surface area contributed by atoms with E-state index in [1.54, 1.807) is 6.92 Å². The van der Waals surface area contributed by atoms with Crippen LogP contribution in [0.3, 0.4) is 0 Å². The number of carbonyl (C=O) groups excluding carboxylic acids is 3. The maximum absolute atomic E-state index is 12.9. The second-order valence-corrected chi connectivity index (χ2v) is 9.30. The number of hydrogen-bond donors (Lipinski definition) is 2. The van der Waals surface area contributed by atoms with Crippen LogP contribution in [0, 0.1) is 0 Å². The number of H-pyrrole nitrogens is 1. The molecule has 3 aromatic carbocycles. The van der Waals surface area contributed by atoms with E-state index >= 15 is 0 Å². The molecule has 1 aliphatic rings. The van der Waals surface area contributed by atoms with Crippen molar-refractivity contribution in [1.29, 1.82) is 0 Å². The first-order chi connectivity index (χ1) is 18.4. The standard InChI is InChI=1S/C30H26N4O4/c1-19(17-35)27(18-36)34-11-10-22-7-6-20(12-25(22)16-34)15-31-30(38)29-32-26(14-28(37)33-29)24-9-8-21-4-2-3-5-23(21)13-24/h2-9,12-14,17-18H,10-11,15-16H2,1H3,(H,31,38)(H,32,33,37)/b27-19+. The predicted octanol–water partition coefficient (Wildman–Crippen LogP) is 3.55. The Morgan fingerprint density at radius 3 is 2.61 bits per heavy atom. The van der Waals surface area contributed by atoms with E-state index in [0.29, 0.717) is 36.3 Å². The third-order valence-corrected chi connectivity index (χ3v) is 6.77. The summed E-state index contributed by atoms with van der Waals surface area (Å²) in [4.78, 5) is 56.8. The molecule has 2 heterocycles. The van der Waals surface area contributed by atoms with Gasteiger partial charge in [-0.05, 0) is 46.9 Å². The second kappa shape index (κ2) is 10.6. The molecule has 0 saturated carbocycles.